The second-order valence-electron chi connectivity index (χ2n) is 8.25. The fourth-order valence-electron chi connectivity index (χ4n) is 2.41. The minimum Gasteiger partial charge on any atom is -0.444 e. The average Bonchev–Trinajstić information content (AvgIpc) is 2.62. The van der Waals surface area contributed by atoms with Crippen LogP contribution in [0.2, 0.25) is 19.6 Å². The van der Waals surface area contributed by atoms with Gasteiger partial charge in [0.15, 0.2) is 14.6 Å². The fourth-order valence-corrected chi connectivity index (χ4v) is 3.30. The summed E-state index contributed by atoms with van der Waals surface area (Å²) < 4.78 is 56.4. The van der Waals surface area contributed by atoms with Gasteiger partial charge in [0, 0.05) is 0 Å². The highest BCUT2D eigenvalue weighted by molar-refractivity contribution is 6.69. The zero-order valence-electron chi connectivity index (χ0n) is 15.5. The quantitative estimate of drug-likeness (QED) is 0.692. The standard InChI is InChI=1S/C15H28F3NO4Si/c1-9(2)10-11(23-24(6,7)8)21-12(15(16,17)18)19(10)13(20)22-14(3,4)5/h9-12H,1-8H3/t10-,11-,12?/m0/s1. The largest absolute Gasteiger partial charge is 0.444 e. The molecule has 1 heterocycles. The predicted octanol–water partition coefficient (Wildman–Crippen LogP) is 4.34. The average molecular weight is 371 g/mol. The third-order valence-corrected chi connectivity index (χ3v) is 4.09. The summed E-state index contributed by atoms with van der Waals surface area (Å²) in [5.74, 6) is -0.300. The first-order valence-electron chi connectivity index (χ1n) is 7.94. The van der Waals surface area contributed by atoms with E-state index in [1.54, 1.807) is 34.6 Å². The Morgan fingerprint density at radius 1 is 1.17 bits per heavy atom. The lowest BCUT2D eigenvalue weighted by Crippen LogP contribution is -2.53. The van der Waals surface area contributed by atoms with Crippen LogP contribution in [0.15, 0.2) is 0 Å². The molecule has 1 aliphatic heterocycles. The molecule has 142 valence electrons. The van der Waals surface area contributed by atoms with Gasteiger partial charge in [0.25, 0.3) is 0 Å². The number of amides is 1. The van der Waals surface area contributed by atoms with E-state index in [0.717, 1.165) is 0 Å². The smallest absolute Gasteiger partial charge is 0.434 e. The molecule has 1 amide bonds. The molecule has 1 unspecified atom stereocenters. The first-order valence-corrected chi connectivity index (χ1v) is 11.3. The molecule has 1 fully saturated rings. The normalized spacial score (nSPS) is 26.2. The fraction of sp³-hybridized carbons (Fsp3) is 0.933. The highest BCUT2D eigenvalue weighted by Crippen LogP contribution is 2.39. The maximum atomic E-state index is 13.4. The zero-order chi connectivity index (χ0) is 19.1. The van der Waals surface area contributed by atoms with Crippen LogP contribution in [-0.2, 0) is 13.9 Å². The molecule has 0 spiro atoms. The molecule has 0 saturated carbocycles. The van der Waals surface area contributed by atoms with Crippen molar-refractivity contribution in [2.45, 2.75) is 84.6 Å². The van der Waals surface area contributed by atoms with Crippen molar-refractivity contribution in [2.75, 3.05) is 0 Å². The summed E-state index contributed by atoms with van der Waals surface area (Å²) in [7, 11) is -2.18. The van der Waals surface area contributed by atoms with Gasteiger partial charge in [0.2, 0.25) is 6.23 Å². The van der Waals surface area contributed by atoms with E-state index in [1.165, 1.54) is 0 Å². The molecule has 24 heavy (non-hydrogen) atoms. The third-order valence-electron chi connectivity index (χ3n) is 3.15. The van der Waals surface area contributed by atoms with E-state index in [4.69, 9.17) is 13.9 Å². The van der Waals surface area contributed by atoms with Crippen molar-refractivity contribution in [3.63, 3.8) is 0 Å². The van der Waals surface area contributed by atoms with E-state index < -0.39 is 44.7 Å². The Bertz CT molecular complexity index is 457. The van der Waals surface area contributed by atoms with Crippen LogP contribution in [0, 0.1) is 5.92 Å². The molecule has 0 radical (unpaired) electrons. The van der Waals surface area contributed by atoms with Gasteiger partial charge in [-0.1, -0.05) is 13.8 Å². The maximum absolute atomic E-state index is 13.4. The minimum atomic E-state index is -4.73. The Hall–Kier alpha value is -0.803. The van der Waals surface area contributed by atoms with Crippen LogP contribution in [0.5, 0.6) is 0 Å². The number of nitrogens with zero attached hydrogens (tertiary/aromatic N) is 1. The number of rotatable bonds is 3. The SMILES string of the molecule is CC(C)[C@H]1[C@H](O[Si](C)(C)C)OC(C(F)(F)F)N1C(=O)OC(C)(C)C. The Kier molecular flexibility index (Phi) is 6.05. The van der Waals surface area contributed by atoms with Crippen molar-refractivity contribution in [3.8, 4) is 0 Å². The van der Waals surface area contributed by atoms with Crippen molar-refractivity contribution in [1.82, 2.24) is 4.90 Å². The summed E-state index contributed by atoms with van der Waals surface area (Å²) in [6.07, 6.45) is -9.29. The van der Waals surface area contributed by atoms with Gasteiger partial charge in [-0.2, -0.15) is 13.2 Å². The van der Waals surface area contributed by atoms with Crippen LogP contribution in [0.1, 0.15) is 34.6 Å². The summed E-state index contributed by atoms with van der Waals surface area (Å²) in [5.41, 5.74) is -0.910. The van der Waals surface area contributed by atoms with Gasteiger partial charge < -0.3 is 13.9 Å². The summed E-state index contributed by atoms with van der Waals surface area (Å²) in [4.78, 5) is 13.1. The van der Waals surface area contributed by atoms with Crippen molar-refractivity contribution < 1.29 is 31.9 Å². The van der Waals surface area contributed by atoms with Crippen LogP contribution in [0.25, 0.3) is 0 Å². The van der Waals surface area contributed by atoms with E-state index in [2.05, 4.69) is 0 Å². The number of carbonyl (C=O) groups is 1. The minimum absolute atomic E-state index is 0.300. The number of ether oxygens (including phenoxy) is 2. The number of carbonyl (C=O) groups excluding carboxylic acids is 1. The van der Waals surface area contributed by atoms with Crippen molar-refractivity contribution in [3.05, 3.63) is 0 Å². The monoisotopic (exact) mass is 371 g/mol. The van der Waals surface area contributed by atoms with Gasteiger partial charge in [0.1, 0.15) is 5.60 Å². The van der Waals surface area contributed by atoms with Crippen LogP contribution < -0.4 is 0 Å². The molecule has 0 N–H and O–H groups in total. The third kappa shape index (κ3) is 5.63. The molecule has 1 aliphatic rings. The van der Waals surface area contributed by atoms with E-state index in [-0.39, 0.29) is 5.92 Å². The van der Waals surface area contributed by atoms with Crippen LogP contribution in [0.4, 0.5) is 18.0 Å². The molecule has 1 saturated heterocycles. The van der Waals surface area contributed by atoms with Crippen molar-refractivity contribution in [2.24, 2.45) is 5.92 Å². The van der Waals surface area contributed by atoms with Crippen molar-refractivity contribution in [1.29, 1.82) is 0 Å². The summed E-state index contributed by atoms with van der Waals surface area (Å²) in [6.45, 7) is 13.8. The first-order chi connectivity index (χ1) is 10.5. The molecular weight excluding hydrogens is 343 g/mol. The van der Waals surface area contributed by atoms with Crippen LogP contribution in [0.3, 0.4) is 0 Å². The van der Waals surface area contributed by atoms with Gasteiger partial charge in [-0.3, -0.25) is 4.90 Å². The highest BCUT2D eigenvalue weighted by Gasteiger charge is 2.59. The van der Waals surface area contributed by atoms with Crippen LogP contribution >= 0.6 is 0 Å². The molecule has 3 atom stereocenters. The second-order valence-corrected chi connectivity index (χ2v) is 12.7. The maximum Gasteiger partial charge on any atom is 0.434 e. The molecule has 5 nitrogen and oxygen atoms in total. The Morgan fingerprint density at radius 3 is 2.00 bits per heavy atom. The Labute approximate surface area is 142 Å². The van der Waals surface area contributed by atoms with E-state index in [1.807, 2.05) is 19.6 Å². The zero-order valence-corrected chi connectivity index (χ0v) is 16.5. The van der Waals surface area contributed by atoms with Gasteiger partial charge in [-0.25, -0.2) is 4.79 Å². The molecule has 0 aromatic carbocycles. The second kappa shape index (κ2) is 6.84. The van der Waals surface area contributed by atoms with Crippen molar-refractivity contribution >= 4 is 14.4 Å². The van der Waals surface area contributed by atoms with E-state index in [9.17, 15) is 18.0 Å². The Morgan fingerprint density at radius 2 is 1.67 bits per heavy atom. The number of halogens is 3. The first kappa shape index (κ1) is 21.2. The lowest BCUT2D eigenvalue weighted by Gasteiger charge is -2.34. The van der Waals surface area contributed by atoms with Gasteiger partial charge in [-0.15, -0.1) is 0 Å². The summed E-state index contributed by atoms with van der Waals surface area (Å²) >= 11 is 0. The molecule has 9 heteroatoms. The molecule has 0 aliphatic carbocycles. The molecule has 0 bridgehead atoms. The molecule has 1 rings (SSSR count). The lowest BCUT2D eigenvalue weighted by molar-refractivity contribution is -0.254. The number of hydrogen-bond acceptors (Lipinski definition) is 4. The number of hydrogen-bond donors (Lipinski definition) is 0. The lowest BCUT2D eigenvalue weighted by atomic mass is 10.0. The molecule has 0 aromatic heterocycles. The topological polar surface area (TPSA) is 48.0 Å². The van der Waals surface area contributed by atoms with Gasteiger partial charge in [-0.05, 0) is 46.3 Å². The van der Waals surface area contributed by atoms with E-state index in [0.29, 0.717) is 4.90 Å². The Balaban J connectivity index is 3.22. The summed E-state index contributed by atoms with van der Waals surface area (Å²) in [6, 6.07) is -0.877. The van der Waals surface area contributed by atoms with E-state index >= 15 is 0 Å². The summed E-state index contributed by atoms with van der Waals surface area (Å²) in [5, 5.41) is 0. The van der Waals surface area contributed by atoms with Crippen LogP contribution in [-0.4, -0.2) is 49.6 Å². The molecular formula is C15H28F3NO4Si. The predicted molar refractivity (Wildman–Crippen MR) is 85.8 cm³/mol. The van der Waals surface area contributed by atoms with Gasteiger partial charge in [0.05, 0.1) is 6.04 Å². The number of alkyl halides is 3. The molecule has 0 aromatic rings. The highest BCUT2D eigenvalue weighted by atomic mass is 28.4. The van der Waals surface area contributed by atoms with Gasteiger partial charge >= 0.3 is 12.3 Å².